The normalized spacial score (nSPS) is 10.5. The van der Waals surface area contributed by atoms with Gasteiger partial charge in [0.25, 0.3) is 0 Å². The number of aryl methyl sites for hydroxylation is 1. The molecule has 1 aromatic carbocycles. The Kier molecular flexibility index (Phi) is 3.50. The van der Waals surface area contributed by atoms with Gasteiger partial charge in [0.15, 0.2) is 5.78 Å². The van der Waals surface area contributed by atoms with Gasteiger partial charge in [0.05, 0.1) is 15.6 Å². The molecule has 0 fully saturated rings. The third-order valence-electron chi connectivity index (χ3n) is 2.52. The van der Waals surface area contributed by atoms with Crippen molar-refractivity contribution in [2.75, 3.05) is 5.73 Å². The highest BCUT2D eigenvalue weighted by Gasteiger charge is 2.17. The molecule has 0 atom stereocenters. The van der Waals surface area contributed by atoms with Gasteiger partial charge in [0.1, 0.15) is 0 Å². The number of ketones is 1. The second kappa shape index (κ2) is 4.90. The highest BCUT2D eigenvalue weighted by atomic mass is 35.5. The first-order valence-electron chi connectivity index (χ1n) is 5.31. The quantitative estimate of drug-likeness (QED) is 0.859. The fourth-order valence-corrected chi connectivity index (χ4v) is 2.69. The van der Waals surface area contributed by atoms with E-state index in [1.165, 1.54) is 11.3 Å². The lowest BCUT2D eigenvalue weighted by Gasteiger charge is -2.01. The average molecular weight is 266 g/mol. The number of hydrogen-bond donors (Lipinski definition) is 1. The minimum Gasteiger partial charge on any atom is -0.390 e. The summed E-state index contributed by atoms with van der Waals surface area (Å²) in [5, 5.41) is 1.02. The van der Waals surface area contributed by atoms with Crippen molar-refractivity contribution >= 4 is 33.7 Å². The molecule has 0 aliphatic rings. The summed E-state index contributed by atoms with van der Waals surface area (Å²) >= 11 is 7.46. The summed E-state index contributed by atoms with van der Waals surface area (Å²) in [5.74, 6) is -0.107. The van der Waals surface area contributed by atoms with Gasteiger partial charge < -0.3 is 5.73 Å². The van der Waals surface area contributed by atoms with Gasteiger partial charge in [-0.05, 0) is 24.6 Å². The maximum absolute atomic E-state index is 12.3. The average Bonchev–Trinajstić information content (AvgIpc) is 2.70. The monoisotopic (exact) mass is 265 g/mol. The lowest BCUT2D eigenvalue weighted by molar-refractivity contribution is 0.104. The highest BCUT2D eigenvalue weighted by molar-refractivity contribution is 7.16. The molecule has 0 bridgehead atoms. The van der Waals surface area contributed by atoms with Crippen molar-refractivity contribution in [3.63, 3.8) is 0 Å². The summed E-state index contributed by atoms with van der Waals surface area (Å²) in [5.41, 5.74) is 6.92. The third kappa shape index (κ3) is 2.35. The predicted octanol–water partition coefficient (Wildman–Crippen LogP) is 3.78. The second-order valence-corrected chi connectivity index (χ2v) is 5.23. The summed E-state index contributed by atoms with van der Waals surface area (Å²) in [7, 11) is 0. The maximum atomic E-state index is 12.3. The molecule has 88 valence electrons. The van der Waals surface area contributed by atoms with E-state index in [9.17, 15) is 4.79 Å². The minimum atomic E-state index is -0.107. The largest absolute Gasteiger partial charge is 0.390 e. The van der Waals surface area contributed by atoms with E-state index in [1.807, 2.05) is 13.0 Å². The Balaban J connectivity index is 2.44. The van der Waals surface area contributed by atoms with Gasteiger partial charge in [0.2, 0.25) is 0 Å². The van der Waals surface area contributed by atoms with E-state index >= 15 is 0 Å². The SMILES string of the molecule is CCc1cc(C(=O)c2ccccc2Cl)c(N)s1. The Morgan fingerprint density at radius 3 is 2.65 bits per heavy atom. The number of benzene rings is 1. The first-order valence-corrected chi connectivity index (χ1v) is 6.50. The van der Waals surface area contributed by atoms with E-state index in [0.29, 0.717) is 21.2 Å². The van der Waals surface area contributed by atoms with Crippen LogP contribution < -0.4 is 5.73 Å². The van der Waals surface area contributed by atoms with Gasteiger partial charge in [-0.25, -0.2) is 0 Å². The molecule has 2 N–H and O–H groups in total. The lowest BCUT2D eigenvalue weighted by Crippen LogP contribution is -2.03. The maximum Gasteiger partial charge on any atom is 0.197 e. The molecule has 0 unspecified atom stereocenters. The summed E-state index contributed by atoms with van der Waals surface area (Å²) < 4.78 is 0. The summed E-state index contributed by atoms with van der Waals surface area (Å²) in [4.78, 5) is 13.4. The Morgan fingerprint density at radius 1 is 1.35 bits per heavy atom. The molecule has 4 heteroatoms. The lowest BCUT2D eigenvalue weighted by atomic mass is 10.1. The van der Waals surface area contributed by atoms with Gasteiger partial charge in [-0.15, -0.1) is 11.3 Å². The Labute approximate surface area is 109 Å². The van der Waals surface area contributed by atoms with Crippen LogP contribution in [0.5, 0.6) is 0 Å². The fraction of sp³-hybridized carbons (Fsp3) is 0.154. The highest BCUT2D eigenvalue weighted by Crippen LogP contribution is 2.29. The molecule has 0 spiro atoms. The van der Waals surface area contributed by atoms with Gasteiger partial charge in [-0.3, -0.25) is 4.79 Å². The number of carbonyl (C=O) groups excluding carboxylic acids is 1. The van der Waals surface area contributed by atoms with Crippen molar-refractivity contribution in [3.05, 3.63) is 51.4 Å². The second-order valence-electron chi connectivity index (χ2n) is 3.65. The first-order chi connectivity index (χ1) is 8.13. The van der Waals surface area contributed by atoms with Crippen LogP contribution in [0, 0.1) is 0 Å². The van der Waals surface area contributed by atoms with Gasteiger partial charge in [-0.2, -0.15) is 0 Å². The van der Waals surface area contributed by atoms with Crippen molar-refractivity contribution in [1.82, 2.24) is 0 Å². The number of rotatable bonds is 3. The number of carbonyl (C=O) groups is 1. The van der Waals surface area contributed by atoms with Crippen molar-refractivity contribution in [3.8, 4) is 0 Å². The standard InChI is InChI=1S/C13H12ClNOS/c1-2-8-7-10(13(15)17-8)12(16)9-5-3-4-6-11(9)14/h3-7H,2,15H2,1H3. The number of nitrogen functional groups attached to an aromatic ring is 1. The number of thiophene rings is 1. The molecule has 0 radical (unpaired) electrons. The zero-order valence-electron chi connectivity index (χ0n) is 9.37. The summed E-state index contributed by atoms with van der Waals surface area (Å²) in [6, 6.07) is 8.87. The molecule has 0 amide bonds. The first kappa shape index (κ1) is 12.1. The van der Waals surface area contributed by atoms with Crippen molar-refractivity contribution in [2.45, 2.75) is 13.3 Å². The molecule has 0 aliphatic heterocycles. The molecule has 2 aromatic rings. The fourth-order valence-electron chi connectivity index (χ4n) is 1.60. The van der Waals surface area contributed by atoms with Crippen molar-refractivity contribution in [1.29, 1.82) is 0 Å². The van der Waals surface area contributed by atoms with Crippen molar-refractivity contribution in [2.24, 2.45) is 0 Å². The topological polar surface area (TPSA) is 43.1 Å². The van der Waals surface area contributed by atoms with Crippen LogP contribution in [0.4, 0.5) is 5.00 Å². The molecule has 2 nitrogen and oxygen atoms in total. The smallest absolute Gasteiger partial charge is 0.197 e. The third-order valence-corrected chi connectivity index (χ3v) is 3.96. The van der Waals surface area contributed by atoms with E-state index in [0.717, 1.165) is 11.3 Å². The van der Waals surface area contributed by atoms with E-state index in [-0.39, 0.29) is 5.78 Å². The molecular weight excluding hydrogens is 254 g/mol. The van der Waals surface area contributed by atoms with Gasteiger partial charge >= 0.3 is 0 Å². The molecule has 0 saturated heterocycles. The molecule has 0 saturated carbocycles. The van der Waals surface area contributed by atoms with Crippen molar-refractivity contribution < 1.29 is 4.79 Å². The zero-order valence-corrected chi connectivity index (χ0v) is 10.9. The Morgan fingerprint density at radius 2 is 2.06 bits per heavy atom. The molecular formula is C13H12ClNOS. The van der Waals surface area contributed by atoms with Gasteiger partial charge in [-0.1, -0.05) is 30.7 Å². The van der Waals surface area contributed by atoms with Crippen LogP contribution in [-0.2, 0) is 6.42 Å². The van der Waals surface area contributed by atoms with Crippen LogP contribution in [-0.4, -0.2) is 5.78 Å². The number of nitrogens with two attached hydrogens (primary N) is 1. The molecule has 1 aromatic heterocycles. The Hall–Kier alpha value is -1.32. The molecule has 0 aliphatic carbocycles. The van der Waals surface area contributed by atoms with E-state index < -0.39 is 0 Å². The van der Waals surface area contributed by atoms with Gasteiger partial charge in [0, 0.05) is 10.4 Å². The summed E-state index contributed by atoms with van der Waals surface area (Å²) in [6.45, 7) is 2.04. The van der Waals surface area contributed by atoms with Crippen LogP contribution in [0.3, 0.4) is 0 Å². The van der Waals surface area contributed by atoms with E-state index in [1.54, 1.807) is 24.3 Å². The summed E-state index contributed by atoms with van der Waals surface area (Å²) in [6.07, 6.45) is 0.880. The number of hydrogen-bond acceptors (Lipinski definition) is 3. The molecule has 1 heterocycles. The number of anilines is 1. The molecule has 17 heavy (non-hydrogen) atoms. The van der Waals surface area contributed by atoms with Crippen LogP contribution in [0.25, 0.3) is 0 Å². The molecule has 2 rings (SSSR count). The van der Waals surface area contributed by atoms with Crippen LogP contribution >= 0.6 is 22.9 Å². The Bertz CT molecular complexity index is 562. The number of halogens is 1. The van der Waals surface area contributed by atoms with E-state index in [4.69, 9.17) is 17.3 Å². The van der Waals surface area contributed by atoms with Crippen LogP contribution in [0.2, 0.25) is 5.02 Å². The predicted molar refractivity (Wildman–Crippen MR) is 73.0 cm³/mol. The zero-order chi connectivity index (χ0) is 12.4. The van der Waals surface area contributed by atoms with E-state index in [2.05, 4.69) is 0 Å². The van der Waals surface area contributed by atoms with Crippen LogP contribution in [0.15, 0.2) is 30.3 Å². The van der Waals surface area contributed by atoms with Crippen LogP contribution in [0.1, 0.15) is 27.7 Å². The minimum absolute atomic E-state index is 0.107.